The van der Waals surface area contributed by atoms with Gasteiger partial charge in [-0.15, -0.1) is 0 Å². The molecule has 1 N–H and O–H groups in total. The number of nitrogens with one attached hydrogen (secondary N) is 1. The third-order valence-corrected chi connectivity index (χ3v) is 2.76. The number of alkyl halides is 2. The number of hydrogen-bond acceptors (Lipinski definition) is 3. The second-order valence-electron chi connectivity index (χ2n) is 3.34. The van der Waals surface area contributed by atoms with E-state index in [1.54, 1.807) is 6.07 Å². The average Bonchev–Trinajstić information content (AvgIpc) is 2.29. The number of hydrogen-bond donors (Lipinski definition) is 1. The summed E-state index contributed by atoms with van der Waals surface area (Å²) < 4.78 is 24.5. The van der Waals surface area contributed by atoms with Crippen molar-refractivity contribution in [1.82, 2.24) is 10.3 Å². The van der Waals surface area contributed by atoms with Gasteiger partial charge in [-0.3, -0.25) is 4.79 Å². The van der Waals surface area contributed by atoms with Gasteiger partial charge in [-0.2, -0.15) is 8.78 Å². The molecule has 1 aromatic rings. The molecule has 0 aromatic carbocycles. The van der Waals surface area contributed by atoms with Crippen LogP contribution in [0.2, 0.25) is 0 Å². The maximum absolute atomic E-state index is 12.3. The van der Waals surface area contributed by atoms with Crippen LogP contribution in [0.1, 0.15) is 30.1 Å². The SMILES string of the molecule is CCCCNC(=O)c1cccnc1SC(F)F. The Bertz CT molecular complexity index is 374. The van der Waals surface area contributed by atoms with Crippen LogP contribution in [0, 0.1) is 0 Å². The molecule has 0 radical (unpaired) electrons. The first-order chi connectivity index (χ1) is 8.15. The monoisotopic (exact) mass is 260 g/mol. The molecule has 1 rings (SSSR count). The van der Waals surface area contributed by atoms with Crippen molar-refractivity contribution in [1.29, 1.82) is 0 Å². The Morgan fingerprint density at radius 1 is 1.59 bits per heavy atom. The molecular weight excluding hydrogens is 246 g/mol. The highest BCUT2D eigenvalue weighted by atomic mass is 32.2. The highest BCUT2D eigenvalue weighted by Crippen LogP contribution is 2.26. The summed E-state index contributed by atoms with van der Waals surface area (Å²) in [5, 5.41) is 2.74. The highest BCUT2D eigenvalue weighted by molar-refractivity contribution is 7.99. The van der Waals surface area contributed by atoms with Gasteiger partial charge in [-0.05, 0) is 30.3 Å². The Morgan fingerprint density at radius 2 is 2.35 bits per heavy atom. The standard InChI is InChI=1S/C11H14F2N2OS/c1-2-3-6-14-9(16)8-5-4-7-15-10(8)17-11(12)13/h4-5,7,11H,2-3,6H2,1H3,(H,14,16). The summed E-state index contributed by atoms with van der Waals surface area (Å²) in [6.45, 7) is 2.55. The summed E-state index contributed by atoms with van der Waals surface area (Å²) in [6.07, 6.45) is 3.23. The quantitative estimate of drug-likeness (QED) is 0.631. The molecule has 0 saturated carbocycles. The molecule has 3 nitrogen and oxygen atoms in total. The lowest BCUT2D eigenvalue weighted by Gasteiger charge is -2.07. The number of carbonyl (C=O) groups excluding carboxylic acids is 1. The molecule has 0 fully saturated rings. The summed E-state index contributed by atoms with van der Waals surface area (Å²) in [5.74, 6) is -2.93. The van der Waals surface area contributed by atoms with Crippen LogP contribution < -0.4 is 5.32 Å². The Balaban J connectivity index is 2.71. The second kappa shape index (κ2) is 7.21. The number of halogens is 2. The Hall–Kier alpha value is -1.17. The predicted octanol–water partition coefficient (Wildman–Crippen LogP) is 2.93. The fourth-order valence-corrected chi connectivity index (χ4v) is 1.79. The minimum Gasteiger partial charge on any atom is -0.352 e. The summed E-state index contributed by atoms with van der Waals surface area (Å²) >= 11 is 0.287. The van der Waals surface area contributed by atoms with Crippen molar-refractivity contribution < 1.29 is 13.6 Å². The van der Waals surface area contributed by atoms with Gasteiger partial charge >= 0.3 is 0 Å². The maximum Gasteiger partial charge on any atom is 0.290 e. The van der Waals surface area contributed by atoms with Crippen LogP contribution in [0.15, 0.2) is 23.4 Å². The first-order valence-corrected chi connectivity index (χ1v) is 6.21. The van der Waals surface area contributed by atoms with E-state index >= 15 is 0 Å². The van der Waals surface area contributed by atoms with Crippen LogP contribution in [0.25, 0.3) is 0 Å². The first-order valence-electron chi connectivity index (χ1n) is 5.33. The lowest BCUT2D eigenvalue weighted by molar-refractivity contribution is 0.0949. The van der Waals surface area contributed by atoms with E-state index in [-0.39, 0.29) is 28.3 Å². The van der Waals surface area contributed by atoms with E-state index in [0.29, 0.717) is 6.54 Å². The molecule has 17 heavy (non-hydrogen) atoms. The lowest BCUT2D eigenvalue weighted by Crippen LogP contribution is -2.25. The van der Waals surface area contributed by atoms with E-state index in [1.807, 2.05) is 6.92 Å². The topological polar surface area (TPSA) is 42.0 Å². The minimum atomic E-state index is -2.58. The third kappa shape index (κ3) is 4.68. The fraction of sp³-hybridized carbons (Fsp3) is 0.455. The molecule has 0 atom stereocenters. The zero-order valence-corrected chi connectivity index (χ0v) is 10.3. The summed E-state index contributed by atoms with van der Waals surface area (Å²) in [4.78, 5) is 15.5. The summed E-state index contributed by atoms with van der Waals surface area (Å²) in [5.41, 5.74) is 0.203. The zero-order valence-electron chi connectivity index (χ0n) is 9.45. The number of unbranched alkanes of at least 4 members (excludes halogenated alkanes) is 1. The molecule has 0 aliphatic rings. The van der Waals surface area contributed by atoms with Gasteiger partial charge in [0.2, 0.25) is 0 Å². The number of amides is 1. The second-order valence-corrected chi connectivity index (χ2v) is 4.32. The van der Waals surface area contributed by atoms with Crippen LogP contribution in [-0.4, -0.2) is 23.2 Å². The molecule has 0 aliphatic carbocycles. The van der Waals surface area contributed by atoms with Crippen LogP contribution >= 0.6 is 11.8 Å². The highest BCUT2D eigenvalue weighted by Gasteiger charge is 2.15. The summed E-state index contributed by atoms with van der Waals surface area (Å²) in [7, 11) is 0. The van der Waals surface area contributed by atoms with Gasteiger partial charge in [0.05, 0.1) is 5.56 Å². The van der Waals surface area contributed by atoms with Gasteiger partial charge in [-0.1, -0.05) is 13.3 Å². The summed E-state index contributed by atoms with van der Waals surface area (Å²) in [6, 6.07) is 3.06. The molecule has 1 heterocycles. The Kier molecular flexibility index (Phi) is 5.90. The molecule has 0 bridgehead atoms. The van der Waals surface area contributed by atoms with Crippen LogP contribution in [0.4, 0.5) is 8.78 Å². The van der Waals surface area contributed by atoms with E-state index in [9.17, 15) is 13.6 Å². The van der Waals surface area contributed by atoms with E-state index in [1.165, 1.54) is 12.3 Å². The number of thioether (sulfide) groups is 1. The minimum absolute atomic E-state index is 0.0662. The van der Waals surface area contributed by atoms with Crippen molar-refractivity contribution in [2.24, 2.45) is 0 Å². The van der Waals surface area contributed by atoms with Gasteiger partial charge < -0.3 is 5.32 Å². The number of aromatic nitrogens is 1. The molecule has 1 amide bonds. The normalized spacial score (nSPS) is 10.6. The fourth-order valence-electron chi connectivity index (χ4n) is 1.22. The van der Waals surface area contributed by atoms with Gasteiger partial charge in [-0.25, -0.2) is 4.98 Å². The largest absolute Gasteiger partial charge is 0.352 e. The maximum atomic E-state index is 12.3. The lowest BCUT2D eigenvalue weighted by atomic mass is 10.2. The van der Waals surface area contributed by atoms with E-state index in [2.05, 4.69) is 10.3 Å². The van der Waals surface area contributed by atoms with Crippen molar-refractivity contribution in [3.63, 3.8) is 0 Å². The van der Waals surface area contributed by atoms with Gasteiger partial charge in [0, 0.05) is 12.7 Å². The molecule has 0 spiro atoms. The molecule has 94 valence electrons. The smallest absolute Gasteiger partial charge is 0.290 e. The first kappa shape index (κ1) is 13.9. The number of nitrogens with zero attached hydrogens (tertiary/aromatic N) is 1. The van der Waals surface area contributed by atoms with Crippen molar-refractivity contribution in [2.75, 3.05) is 6.54 Å². The molecule has 0 aliphatic heterocycles. The predicted molar refractivity (Wildman–Crippen MR) is 63.3 cm³/mol. The van der Waals surface area contributed by atoms with E-state index < -0.39 is 5.76 Å². The number of pyridine rings is 1. The number of carbonyl (C=O) groups is 1. The Labute approximate surface area is 103 Å². The van der Waals surface area contributed by atoms with Gasteiger partial charge in [0.25, 0.3) is 11.7 Å². The van der Waals surface area contributed by atoms with Crippen molar-refractivity contribution in [2.45, 2.75) is 30.5 Å². The van der Waals surface area contributed by atoms with Crippen LogP contribution in [-0.2, 0) is 0 Å². The average molecular weight is 260 g/mol. The van der Waals surface area contributed by atoms with Crippen LogP contribution in [0.3, 0.4) is 0 Å². The van der Waals surface area contributed by atoms with Crippen molar-refractivity contribution in [3.05, 3.63) is 23.9 Å². The van der Waals surface area contributed by atoms with E-state index in [4.69, 9.17) is 0 Å². The van der Waals surface area contributed by atoms with Crippen molar-refractivity contribution in [3.8, 4) is 0 Å². The van der Waals surface area contributed by atoms with Crippen LogP contribution in [0.5, 0.6) is 0 Å². The van der Waals surface area contributed by atoms with Crippen molar-refractivity contribution >= 4 is 17.7 Å². The third-order valence-electron chi connectivity index (χ3n) is 2.03. The zero-order chi connectivity index (χ0) is 12.7. The number of rotatable bonds is 6. The Morgan fingerprint density at radius 3 is 3.00 bits per heavy atom. The molecule has 0 unspecified atom stereocenters. The van der Waals surface area contributed by atoms with E-state index in [0.717, 1.165) is 12.8 Å². The molecule has 6 heteroatoms. The molecule has 1 aromatic heterocycles. The molecular formula is C11H14F2N2OS. The molecule has 0 saturated heterocycles. The van der Waals surface area contributed by atoms with Gasteiger partial charge in [0.1, 0.15) is 5.03 Å². The van der Waals surface area contributed by atoms with Gasteiger partial charge in [0.15, 0.2) is 0 Å².